The number of nitrogens with one attached hydrogen (secondary N) is 1. The molecule has 0 spiro atoms. The Kier molecular flexibility index (Phi) is 2.73. The Hall–Kier alpha value is -1.35. The van der Waals surface area contributed by atoms with E-state index >= 15 is 0 Å². The number of nitrogens with zero attached hydrogens (tertiary/aromatic N) is 1. The number of rotatable bonds is 1. The predicted molar refractivity (Wildman–Crippen MR) is 60.8 cm³/mol. The molecule has 0 bridgehead atoms. The zero-order chi connectivity index (χ0) is 10.8. The highest BCUT2D eigenvalue weighted by atomic mass is 16.1. The lowest BCUT2D eigenvalue weighted by Gasteiger charge is -2.26. The highest BCUT2D eigenvalue weighted by Crippen LogP contribution is 2.25. The summed E-state index contributed by atoms with van der Waals surface area (Å²) < 4.78 is 0. The van der Waals surface area contributed by atoms with Crippen molar-refractivity contribution < 1.29 is 4.79 Å². The third kappa shape index (κ3) is 2.18. The Morgan fingerprint density at radius 3 is 3.00 bits per heavy atom. The molecular formula is C12H16N2O. The van der Waals surface area contributed by atoms with Gasteiger partial charge in [-0.15, -0.1) is 0 Å². The molecule has 0 aliphatic carbocycles. The van der Waals surface area contributed by atoms with Crippen LogP contribution in [0.1, 0.15) is 18.1 Å². The molecule has 3 nitrogen and oxygen atoms in total. The van der Waals surface area contributed by atoms with E-state index in [9.17, 15) is 4.79 Å². The summed E-state index contributed by atoms with van der Waals surface area (Å²) in [6, 6.07) is 6.12. The summed E-state index contributed by atoms with van der Waals surface area (Å²) in [6.45, 7) is 3.58. The standard InChI is InChI=1S/C12H16N2O/c1-9(15)13-12-5-3-4-10-8-14(2)7-6-11(10)12/h3-5H,6-8H2,1-2H3,(H,13,15). The van der Waals surface area contributed by atoms with E-state index in [2.05, 4.69) is 23.3 Å². The molecule has 0 aromatic heterocycles. The van der Waals surface area contributed by atoms with Gasteiger partial charge in [0.05, 0.1) is 0 Å². The van der Waals surface area contributed by atoms with E-state index in [1.54, 1.807) is 6.92 Å². The smallest absolute Gasteiger partial charge is 0.221 e. The first-order valence-electron chi connectivity index (χ1n) is 5.23. The van der Waals surface area contributed by atoms with Gasteiger partial charge in [-0.2, -0.15) is 0 Å². The average Bonchev–Trinajstić information content (AvgIpc) is 2.16. The van der Waals surface area contributed by atoms with E-state index in [0.29, 0.717) is 0 Å². The van der Waals surface area contributed by atoms with E-state index in [4.69, 9.17) is 0 Å². The molecule has 2 rings (SSSR count). The van der Waals surface area contributed by atoms with Crippen LogP contribution in [0.15, 0.2) is 18.2 Å². The number of hydrogen-bond acceptors (Lipinski definition) is 2. The SMILES string of the molecule is CC(=O)Nc1cccc2c1CCN(C)C2. The van der Waals surface area contributed by atoms with Crippen molar-refractivity contribution in [2.24, 2.45) is 0 Å². The summed E-state index contributed by atoms with van der Waals surface area (Å²) in [5.74, 6) is 0.00216. The van der Waals surface area contributed by atoms with Gasteiger partial charge in [-0.25, -0.2) is 0 Å². The molecule has 80 valence electrons. The normalized spacial score (nSPS) is 15.9. The fourth-order valence-electron chi connectivity index (χ4n) is 2.06. The maximum absolute atomic E-state index is 11.0. The second kappa shape index (κ2) is 4.03. The van der Waals surface area contributed by atoms with E-state index in [1.165, 1.54) is 11.1 Å². The van der Waals surface area contributed by atoms with Crippen molar-refractivity contribution in [3.63, 3.8) is 0 Å². The Balaban J connectivity index is 2.33. The van der Waals surface area contributed by atoms with Gasteiger partial charge in [0.1, 0.15) is 0 Å². The molecule has 0 fully saturated rings. The molecule has 1 aromatic rings. The first kappa shape index (κ1) is 10.2. The van der Waals surface area contributed by atoms with E-state index < -0.39 is 0 Å². The van der Waals surface area contributed by atoms with Crippen LogP contribution in [-0.2, 0) is 17.8 Å². The molecule has 0 saturated heterocycles. The fourth-order valence-corrected chi connectivity index (χ4v) is 2.06. The second-order valence-electron chi connectivity index (χ2n) is 4.11. The molecule has 15 heavy (non-hydrogen) atoms. The lowest BCUT2D eigenvalue weighted by Crippen LogP contribution is -2.27. The van der Waals surface area contributed by atoms with E-state index in [1.807, 2.05) is 12.1 Å². The van der Waals surface area contributed by atoms with Crippen LogP contribution in [0.5, 0.6) is 0 Å². The highest BCUT2D eigenvalue weighted by Gasteiger charge is 2.16. The summed E-state index contributed by atoms with van der Waals surface area (Å²) in [5, 5.41) is 2.89. The molecule has 0 unspecified atom stereocenters. The minimum absolute atomic E-state index is 0.00216. The zero-order valence-electron chi connectivity index (χ0n) is 9.21. The van der Waals surface area contributed by atoms with Gasteiger partial charge in [-0.1, -0.05) is 12.1 Å². The van der Waals surface area contributed by atoms with Gasteiger partial charge in [0.15, 0.2) is 0 Å². The van der Waals surface area contributed by atoms with Crippen molar-refractivity contribution in [2.75, 3.05) is 18.9 Å². The number of benzene rings is 1. The first-order chi connectivity index (χ1) is 7.16. The van der Waals surface area contributed by atoms with E-state index in [-0.39, 0.29) is 5.91 Å². The number of hydrogen-bond donors (Lipinski definition) is 1. The van der Waals surface area contributed by atoms with Gasteiger partial charge >= 0.3 is 0 Å². The third-order valence-electron chi connectivity index (χ3n) is 2.77. The predicted octanol–water partition coefficient (Wildman–Crippen LogP) is 1.63. The molecule has 3 heteroatoms. The Morgan fingerprint density at radius 1 is 1.47 bits per heavy atom. The number of amides is 1. The number of anilines is 1. The van der Waals surface area contributed by atoms with Gasteiger partial charge in [-0.05, 0) is 30.7 Å². The maximum atomic E-state index is 11.0. The van der Waals surface area contributed by atoms with Gasteiger partial charge < -0.3 is 10.2 Å². The largest absolute Gasteiger partial charge is 0.326 e. The van der Waals surface area contributed by atoms with Crippen molar-refractivity contribution in [2.45, 2.75) is 19.9 Å². The first-order valence-corrected chi connectivity index (χ1v) is 5.23. The topological polar surface area (TPSA) is 32.3 Å². The van der Waals surface area contributed by atoms with Crippen LogP contribution in [0.4, 0.5) is 5.69 Å². The van der Waals surface area contributed by atoms with Crippen LogP contribution < -0.4 is 5.32 Å². The van der Waals surface area contributed by atoms with Crippen molar-refractivity contribution >= 4 is 11.6 Å². The maximum Gasteiger partial charge on any atom is 0.221 e. The Bertz CT molecular complexity index is 387. The number of carbonyl (C=O) groups is 1. The summed E-state index contributed by atoms with van der Waals surface area (Å²) in [6.07, 6.45) is 1.02. The van der Waals surface area contributed by atoms with Gasteiger partial charge in [0.2, 0.25) is 5.91 Å². The molecule has 0 atom stereocenters. The minimum atomic E-state index is 0.00216. The summed E-state index contributed by atoms with van der Waals surface area (Å²) >= 11 is 0. The lowest BCUT2D eigenvalue weighted by atomic mass is 9.98. The molecule has 1 N–H and O–H groups in total. The lowest BCUT2D eigenvalue weighted by molar-refractivity contribution is -0.114. The van der Waals surface area contributed by atoms with Crippen LogP contribution in [0, 0.1) is 0 Å². The van der Waals surface area contributed by atoms with Crippen molar-refractivity contribution in [3.05, 3.63) is 29.3 Å². The molecule has 1 aliphatic heterocycles. The van der Waals surface area contributed by atoms with Crippen LogP contribution in [-0.4, -0.2) is 24.4 Å². The molecular weight excluding hydrogens is 188 g/mol. The quantitative estimate of drug-likeness (QED) is 0.754. The van der Waals surface area contributed by atoms with Crippen LogP contribution in [0.3, 0.4) is 0 Å². The van der Waals surface area contributed by atoms with Crippen molar-refractivity contribution in [1.29, 1.82) is 0 Å². The molecule has 1 heterocycles. The van der Waals surface area contributed by atoms with E-state index in [0.717, 1.165) is 25.2 Å². The molecule has 1 amide bonds. The van der Waals surface area contributed by atoms with Gasteiger partial charge in [0, 0.05) is 25.7 Å². The summed E-state index contributed by atoms with van der Waals surface area (Å²) in [7, 11) is 2.12. The fraction of sp³-hybridized carbons (Fsp3) is 0.417. The summed E-state index contributed by atoms with van der Waals surface area (Å²) in [4.78, 5) is 13.3. The van der Waals surface area contributed by atoms with Crippen molar-refractivity contribution in [3.8, 4) is 0 Å². The third-order valence-corrected chi connectivity index (χ3v) is 2.77. The Labute approximate surface area is 90.1 Å². The van der Waals surface area contributed by atoms with Gasteiger partial charge in [-0.3, -0.25) is 4.79 Å². The number of fused-ring (bicyclic) bond motifs is 1. The van der Waals surface area contributed by atoms with Crippen molar-refractivity contribution in [1.82, 2.24) is 4.90 Å². The molecule has 1 aromatic carbocycles. The Morgan fingerprint density at radius 2 is 2.27 bits per heavy atom. The van der Waals surface area contributed by atoms with Gasteiger partial charge in [0.25, 0.3) is 0 Å². The molecule has 0 saturated carbocycles. The van der Waals surface area contributed by atoms with Crippen LogP contribution in [0.25, 0.3) is 0 Å². The second-order valence-corrected chi connectivity index (χ2v) is 4.11. The number of carbonyl (C=O) groups excluding carboxylic acids is 1. The molecule has 0 radical (unpaired) electrons. The highest BCUT2D eigenvalue weighted by molar-refractivity contribution is 5.89. The monoisotopic (exact) mass is 204 g/mol. The summed E-state index contributed by atoms with van der Waals surface area (Å²) in [5.41, 5.74) is 3.61. The van der Waals surface area contributed by atoms with Crippen LogP contribution in [0.2, 0.25) is 0 Å². The minimum Gasteiger partial charge on any atom is -0.326 e. The van der Waals surface area contributed by atoms with Crippen LogP contribution >= 0.6 is 0 Å². The average molecular weight is 204 g/mol. The molecule has 1 aliphatic rings. The zero-order valence-corrected chi connectivity index (χ0v) is 9.21. The number of likely N-dealkylation sites (N-methyl/N-ethyl adjacent to an activating group) is 1.